The maximum atomic E-state index is 14.1. The number of nitrogens with zero attached hydrogens (tertiary/aromatic N) is 1. The number of halogens is 1. The fourth-order valence-electron chi connectivity index (χ4n) is 3.46. The molecular weight excluding hydrogens is 357 g/mol. The third kappa shape index (κ3) is 4.88. The van der Waals surface area contributed by atoms with Crippen molar-refractivity contribution in [1.82, 2.24) is 15.8 Å². The van der Waals surface area contributed by atoms with Gasteiger partial charge in [-0.3, -0.25) is 4.79 Å². The number of unbranched alkanes of at least 4 members (excludes halogenated alkanes) is 1. The molecule has 2 aromatic rings. The normalized spacial score (nSPS) is 18.8. The molecule has 6 heteroatoms. The highest BCUT2D eigenvalue weighted by molar-refractivity contribution is 5.82. The molecule has 0 spiro atoms. The van der Waals surface area contributed by atoms with Gasteiger partial charge >= 0.3 is 0 Å². The summed E-state index contributed by atoms with van der Waals surface area (Å²) in [6, 6.07) is 14.1. The standard InChI is InChI=1S/C22H28FN3O2/c1-3-4-12-26(15-17-8-5-6-11-19(17)23)22(27)21-14-20(24-25-21)16-9-7-10-18(13-16)28-2/h5-11,13,20-21,24-25H,3-4,12,14-15H2,1-2H3. The SMILES string of the molecule is CCCCN(Cc1ccccc1F)C(=O)C1CC(c2cccc(OC)c2)NN1. The maximum absolute atomic E-state index is 14.1. The van der Waals surface area contributed by atoms with Gasteiger partial charge in [0.2, 0.25) is 5.91 Å². The molecule has 1 amide bonds. The molecule has 3 rings (SSSR count). The van der Waals surface area contributed by atoms with Crippen molar-refractivity contribution in [1.29, 1.82) is 0 Å². The van der Waals surface area contributed by atoms with Crippen molar-refractivity contribution in [3.63, 3.8) is 0 Å². The Bertz CT molecular complexity index is 799. The summed E-state index contributed by atoms with van der Waals surface area (Å²) in [5.74, 6) is 0.511. The summed E-state index contributed by atoms with van der Waals surface area (Å²) in [5.41, 5.74) is 7.95. The van der Waals surface area contributed by atoms with E-state index in [-0.39, 0.29) is 30.4 Å². The molecular formula is C22H28FN3O2. The Kier molecular flexibility index (Phi) is 7.01. The number of carbonyl (C=O) groups excluding carboxylic acids is 1. The third-order valence-corrected chi connectivity index (χ3v) is 5.11. The van der Waals surface area contributed by atoms with Gasteiger partial charge in [-0.1, -0.05) is 43.7 Å². The number of benzene rings is 2. The second-order valence-electron chi connectivity index (χ2n) is 7.11. The van der Waals surface area contributed by atoms with E-state index in [1.54, 1.807) is 30.2 Å². The monoisotopic (exact) mass is 385 g/mol. The van der Waals surface area contributed by atoms with Crippen molar-refractivity contribution in [2.24, 2.45) is 0 Å². The van der Waals surface area contributed by atoms with Gasteiger partial charge in [0, 0.05) is 24.7 Å². The summed E-state index contributed by atoms with van der Waals surface area (Å²) in [6.07, 6.45) is 2.50. The van der Waals surface area contributed by atoms with Gasteiger partial charge in [-0.05, 0) is 36.6 Å². The molecule has 0 aromatic heterocycles. The van der Waals surface area contributed by atoms with E-state index >= 15 is 0 Å². The van der Waals surface area contributed by atoms with Crippen molar-refractivity contribution in [2.45, 2.75) is 44.8 Å². The summed E-state index contributed by atoms with van der Waals surface area (Å²) in [4.78, 5) is 14.9. The van der Waals surface area contributed by atoms with Gasteiger partial charge in [0.15, 0.2) is 0 Å². The van der Waals surface area contributed by atoms with E-state index in [0.717, 1.165) is 24.2 Å². The molecule has 1 heterocycles. The second kappa shape index (κ2) is 9.66. The molecule has 0 aliphatic carbocycles. The van der Waals surface area contributed by atoms with Crippen molar-refractivity contribution in [3.05, 3.63) is 65.5 Å². The average Bonchev–Trinajstić information content (AvgIpc) is 3.22. The molecule has 0 saturated carbocycles. The van der Waals surface area contributed by atoms with Crippen molar-refractivity contribution in [3.8, 4) is 5.75 Å². The van der Waals surface area contributed by atoms with Crippen LogP contribution in [0.15, 0.2) is 48.5 Å². The minimum atomic E-state index is -0.347. The first kappa shape index (κ1) is 20.3. The first-order valence-electron chi connectivity index (χ1n) is 9.79. The summed E-state index contributed by atoms with van der Waals surface area (Å²) >= 11 is 0. The van der Waals surface area contributed by atoms with Crippen LogP contribution >= 0.6 is 0 Å². The molecule has 2 N–H and O–H groups in total. The van der Waals surface area contributed by atoms with Crippen LogP contribution in [0, 0.1) is 5.82 Å². The van der Waals surface area contributed by atoms with Crippen LogP contribution in [0.2, 0.25) is 0 Å². The van der Waals surface area contributed by atoms with E-state index in [1.165, 1.54) is 6.07 Å². The first-order valence-corrected chi connectivity index (χ1v) is 9.79. The fraction of sp³-hybridized carbons (Fsp3) is 0.409. The molecule has 2 atom stereocenters. The molecule has 5 nitrogen and oxygen atoms in total. The quantitative estimate of drug-likeness (QED) is 0.729. The number of hydrogen-bond acceptors (Lipinski definition) is 4. The van der Waals surface area contributed by atoms with Crippen LogP contribution in [0.3, 0.4) is 0 Å². The fourth-order valence-corrected chi connectivity index (χ4v) is 3.46. The summed E-state index contributed by atoms with van der Waals surface area (Å²) in [5, 5.41) is 0. The predicted octanol–water partition coefficient (Wildman–Crippen LogP) is 3.57. The Morgan fingerprint density at radius 1 is 1.21 bits per heavy atom. The van der Waals surface area contributed by atoms with Gasteiger partial charge in [0.1, 0.15) is 17.6 Å². The Hall–Kier alpha value is -2.44. The highest BCUT2D eigenvalue weighted by atomic mass is 19.1. The van der Waals surface area contributed by atoms with Crippen LogP contribution in [0.1, 0.15) is 43.4 Å². The van der Waals surface area contributed by atoms with Crippen molar-refractivity contribution >= 4 is 5.91 Å². The van der Waals surface area contributed by atoms with Gasteiger partial charge in [-0.2, -0.15) is 0 Å². The summed E-state index contributed by atoms with van der Waals surface area (Å²) < 4.78 is 19.4. The minimum Gasteiger partial charge on any atom is -0.497 e. The second-order valence-corrected chi connectivity index (χ2v) is 7.11. The number of amides is 1. The lowest BCUT2D eigenvalue weighted by Crippen LogP contribution is -2.45. The molecule has 2 aromatic carbocycles. The number of methoxy groups -OCH3 is 1. The van der Waals surface area contributed by atoms with Crippen LogP contribution in [0.4, 0.5) is 4.39 Å². The summed E-state index contributed by atoms with van der Waals surface area (Å²) in [6.45, 7) is 2.99. The lowest BCUT2D eigenvalue weighted by Gasteiger charge is -2.25. The lowest BCUT2D eigenvalue weighted by molar-refractivity contribution is -0.134. The van der Waals surface area contributed by atoms with Crippen LogP contribution in [0.5, 0.6) is 5.75 Å². The number of hydrogen-bond donors (Lipinski definition) is 2. The maximum Gasteiger partial charge on any atom is 0.241 e. The highest BCUT2D eigenvalue weighted by Crippen LogP contribution is 2.26. The zero-order valence-corrected chi connectivity index (χ0v) is 16.5. The average molecular weight is 385 g/mol. The molecule has 1 aliphatic heterocycles. The van der Waals surface area contributed by atoms with Gasteiger partial charge in [-0.15, -0.1) is 0 Å². The van der Waals surface area contributed by atoms with Crippen LogP contribution < -0.4 is 15.6 Å². The summed E-state index contributed by atoms with van der Waals surface area (Å²) in [7, 11) is 1.64. The lowest BCUT2D eigenvalue weighted by atomic mass is 10.0. The zero-order valence-electron chi connectivity index (χ0n) is 16.5. The van der Waals surface area contributed by atoms with E-state index < -0.39 is 0 Å². The Morgan fingerprint density at radius 3 is 2.79 bits per heavy atom. The zero-order chi connectivity index (χ0) is 19.9. The topological polar surface area (TPSA) is 53.6 Å². The highest BCUT2D eigenvalue weighted by Gasteiger charge is 2.33. The minimum absolute atomic E-state index is 0.00500. The van der Waals surface area contributed by atoms with E-state index in [0.29, 0.717) is 18.5 Å². The predicted molar refractivity (Wildman–Crippen MR) is 107 cm³/mol. The van der Waals surface area contributed by atoms with Crippen LogP contribution in [-0.2, 0) is 11.3 Å². The van der Waals surface area contributed by atoms with E-state index in [2.05, 4.69) is 17.8 Å². The Balaban J connectivity index is 1.69. The smallest absolute Gasteiger partial charge is 0.241 e. The van der Waals surface area contributed by atoms with Crippen molar-refractivity contribution in [2.75, 3.05) is 13.7 Å². The molecule has 1 saturated heterocycles. The molecule has 28 heavy (non-hydrogen) atoms. The van der Waals surface area contributed by atoms with E-state index in [1.807, 2.05) is 24.3 Å². The largest absolute Gasteiger partial charge is 0.497 e. The van der Waals surface area contributed by atoms with Crippen molar-refractivity contribution < 1.29 is 13.9 Å². The van der Waals surface area contributed by atoms with Gasteiger partial charge < -0.3 is 9.64 Å². The van der Waals surface area contributed by atoms with Crippen LogP contribution in [-0.4, -0.2) is 30.5 Å². The van der Waals surface area contributed by atoms with E-state index in [4.69, 9.17) is 4.74 Å². The Labute approximate surface area is 165 Å². The number of rotatable bonds is 8. The Morgan fingerprint density at radius 2 is 2.04 bits per heavy atom. The molecule has 150 valence electrons. The van der Waals surface area contributed by atoms with Gasteiger partial charge in [-0.25, -0.2) is 15.2 Å². The molecule has 0 bridgehead atoms. The third-order valence-electron chi connectivity index (χ3n) is 5.11. The number of hydrazine groups is 1. The molecule has 1 aliphatic rings. The molecule has 1 fully saturated rings. The number of carbonyl (C=O) groups is 1. The van der Waals surface area contributed by atoms with Gasteiger partial charge in [0.05, 0.1) is 7.11 Å². The van der Waals surface area contributed by atoms with Crippen LogP contribution in [0.25, 0.3) is 0 Å². The first-order chi connectivity index (χ1) is 13.6. The van der Waals surface area contributed by atoms with E-state index in [9.17, 15) is 9.18 Å². The molecule has 2 unspecified atom stereocenters. The number of ether oxygens (including phenoxy) is 1. The van der Waals surface area contributed by atoms with Gasteiger partial charge in [0.25, 0.3) is 0 Å². The molecule has 0 radical (unpaired) electrons. The number of nitrogens with one attached hydrogen (secondary N) is 2.